The second kappa shape index (κ2) is 5.36. The Morgan fingerprint density at radius 3 is 2.73 bits per heavy atom. The normalized spacial score (nSPS) is 14.1. The first kappa shape index (κ1) is 15.0. The standard InChI is InChI=1S/C14H14N2O4S2/c1-2-12-5-6-14(21-12)22(19,20)15-8-7-10-3-4-11(16(17)18)9-13(10)15/h3-6,9H,2,7-8H2,1H3. The highest BCUT2D eigenvalue weighted by Crippen LogP contribution is 2.37. The third kappa shape index (κ3) is 2.38. The minimum Gasteiger partial charge on any atom is -0.265 e. The van der Waals surface area contributed by atoms with Crippen LogP contribution in [-0.2, 0) is 22.9 Å². The molecule has 0 saturated heterocycles. The highest BCUT2D eigenvalue weighted by Gasteiger charge is 2.33. The number of anilines is 1. The lowest BCUT2D eigenvalue weighted by molar-refractivity contribution is -0.384. The first-order chi connectivity index (χ1) is 10.4. The molecule has 0 unspecified atom stereocenters. The Morgan fingerprint density at radius 2 is 2.09 bits per heavy atom. The monoisotopic (exact) mass is 338 g/mol. The van der Waals surface area contributed by atoms with E-state index in [0.29, 0.717) is 18.7 Å². The number of non-ortho nitro benzene ring substituents is 1. The molecule has 1 aliphatic rings. The summed E-state index contributed by atoms with van der Waals surface area (Å²) in [6.07, 6.45) is 1.35. The first-order valence-electron chi connectivity index (χ1n) is 6.82. The third-order valence-electron chi connectivity index (χ3n) is 3.66. The van der Waals surface area contributed by atoms with Crippen LogP contribution in [0.25, 0.3) is 0 Å². The molecule has 8 heteroatoms. The van der Waals surface area contributed by atoms with Crippen molar-refractivity contribution >= 4 is 32.7 Å². The van der Waals surface area contributed by atoms with Gasteiger partial charge >= 0.3 is 0 Å². The van der Waals surface area contributed by atoms with E-state index in [-0.39, 0.29) is 9.90 Å². The summed E-state index contributed by atoms with van der Waals surface area (Å²) >= 11 is 1.25. The van der Waals surface area contributed by atoms with Crippen LogP contribution in [0.3, 0.4) is 0 Å². The summed E-state index contributed by atoms with van der Waals surface area (Å²) in [4.78, 5) is 11.4. The Morgan fingerprint density at radius 1 is 1.32 bits per heavy atom. The van der Waals surface area contributed by atoms with Crippen molar-refractivity contribution in [1.82, 2.24) is 0 Å². The maximum atomic E-state index is 12.8. The van der Waals surface area contributed by atoms with Gasteiger partial charge in [0.1, 0.15) is 4.21 Å². The van der Waals surface area contributed by atoms with E-state index in [4.69, 9.17) is 0 Å². The summed E-state index contributed by atoms with van der Waals surface area (Å²) in [6, 6.07) is 7.80. The summed E-state index contributed by atoms with van der Waals surface area (Å²) in [5, 5.41) is 10.9. The molecule has 0 spiro atoms. The van der Waals surface area contributed by atoms with Gasteiger partial charge in [-0.15, -0.1) is 11.3 Å². The molecule has 0 fully saturated rings. The van der Waals surface area contributed by atoms with Crippen molar-refractivity contribution < 1.29 is 13.3 Å². The number of benzene rings is 1. The van der Waals surface area contributed by atoms with E-state index in [1.165, 1.54) is 27.8 Å². The second-order valence-corrected chi connectivity index (χ2v) is 8.23. The predicted molar refractivity (Wildman–Crippen MR) is 85.0 cm³/mol. The summed E-state index contributed by atoms with van der Waals surface area (Å²) in [7, 11) is -3.65. The molecule has 2 aromatic rings. The molecule has 0 aliphatic carbocycles. The van der Waals surface area contributed by atoms with E-state index in [0.717, 1.165) is 16.9 Å². The average molecular weight is 338 g/mol. The van der Waals surface area contributed by atoms with Crippen LogP contribution in [0.15, 0.2) is 34.5 Å². The van der Waals surface area contributed by atoms with E-state index in [2.05, 4.69) is 0 Å². The smallest absolute Gasteiger partial charge is 0.265 e. The summed E-state index contributed by atoms with van der Waals surface area (Å²) in [6.45, 7) is 2.29. The number of hydrogen-bond acceptors (Lipinski definition) is 5. The molecule has 0 atom stereocenters. The lowest BCUT2D eigenvalue weighted by Gasteiger charge is -2.18. The molecular weight excluding hydrogens is 324 g/mol. The molecule has 0 bridgehead atoms. The Bertz CT molecular complexity index is 842. The molecule has 0 amide bonds. The minimum absolute atomic E-state index is 0.0960. The van der Waals surface area contributed by atoms with Crippen molar-refractivity contribution in [2.75, 3.05) is 10.8 Å². The van der Waals surface area contributed by atoms with E-state index in [1.54, 1.807) is 12.1 Å². The predicted octanol–water partition coefficient (Wildman–Crippen LogP) is 2.97. The number of nitro groups is 1. The fourth-order valence-corrected chi connectivity index (χ4v) is 5.40. The molecular formula is C14H14N2O4S2. The van der Waals surface area contributed by atoms with E-state index in [1.807, 2.05) is 13.0 Å². The molecule has 2 heterocycles. The largest absolute Gasteiger partial charge is 0.273 e. The van der Waals surface area contributed by atoms with Crippen LogP contribution in [-0.4, -0.2) is 19.9 Å². The van der Waals surface area contributed by atoms with Gasteiger partial charge in [-0.2, -0.15) is 0 Å². The van der Waals surface area contributed by atoms with Crippen LogP contribution in [0.5, 0.6) is 0 Å². The number of aryl methyl sites for hydroxylation is 1. The van der Waals surface area contributed by atoms with Gasteiger partial charge in [0.15, 0.2) is 0 Å². The maximum Gasteiger partial charge on any atom is 0.273 e. The highest BCUT2D eigenvalue weighted by atomic mass is 32.2. The van der Waals surface area contributed by atoms with Gasteiger partial charge in [-0.3, -0.25) is 14.4 Å². The number of nitrogens with zero attached hydrogens (tertiary/aromatic N) is 2. The Labute approximate surface area is 132 Å². The first-order valence-corrected chi connectivity index (χ1v) is 9.08. The van der Waals surface area contributed by atoms with Gasteiger partial charge in [-0.1, -0.05) is 13.0 Å². The third-order valence-corrected chi connectivity index (χ3v) is 7.17. The van der Waals surface area contributed by atoms with Crippen LogP contribution in [0.2, 0.25) is 0 Å². The van der Waals surface area contributed by atoms with Gasteiger partial charge in [0.25, 0.3) is 15.7 Å². The summed E-state index contributed by atoms with van der Waals surface area (Å²) in [5.74, 6) is 0. The fraction of sp³-hybridized carbons (Fsp3) is 0.286. The quantitative estimate of drug-likeness (QED) is 0.634. The molecule has 1 aromatic heterocycles. The molecule has 0 radical (unpaired) electrons. The lowest BCUT2D eigenvalue weighted by Crippen LogP contribution is -2.28. The number of fused-ring (bicyclic) bond motifs is 1. The Balaban J connectivity index is 2.04. The Kier molecular flexibility index (Phi) is 3.65. The van der Waals surface area contributed by atoms with Gasteiger partial charge in [0.2, 0.25) is 0 Å². The van der Waals surface area contributed by atoms with Gasteiger partial charge in [0, 0.05) is 23.6 Å². The van der Waals surface area contributed by atoms with Crippen LogP contribution in [0.1, 0.15) is 17.4 Å². The molecule has 1 aromatic carbocycles. The molecule has 22 heavy (non-hydrogen) atoms. The van der Waals surface area contributed by atoms with Gasteiger partial charge in [-0.25, -0.2) is 8.42 Å². The maximum absolute atomic E-state index is 12.8. The molecule has 3 rings (SSSR count). The van der Waals surface area contributed by atoms with Gasteiger partial charge in [-0.05, 0) is 30.5 Å². The van der Waals surface area contributed by atoms with Crippen molar-refractivity contribution in [1.29, 1.82) is 0 Å². The highest BCUT2D eigenvalue weighted by molar-refractivity contribution is 7.94. The Hall–Kier alpha value is -1.93. The van der Waals surface area contributed by atoms with Gasteiger partial charge in [0.05, 0.1) is 10.6 Å². The molecule has 0 saturated carbocycles. The van der Waals surface area contributed by atoms with E-state index in [9.17, 15) is 18.5 Å². The topological polar surface area (TPSA) is 80.5 Å². The molecule has 116 valence electrons. The van der Waals surface area contributed by atoms with Crippen molar-refractivity contribution in [2.45, 2.75) is 24.0 Å². The number of nitro benzene ring substituents is 1. The lowest BCUT2D eigenvalue weighted by atomic mass is 10.1. The zero-order valence-electron chi connectivity index (χ0n) is 11.9. The van der Waals surface area contributed by atoms with E-state index < -0.39 is 14.9 Å². The number of hydrogen-bond donors (Lipinski definition) is 0. The van der Waals surface area contributed by atoms with Crippen LogP contribution < -0.4 is 4.31 Å². The number of sulfonamides is 1. The minimum atomic E-state index is -3.65. The SMILES string of the molecule is CCc1ccc(S(=O)(=O)N2CCc3ccc([N+](=O)[O-])cc32)s1. The van der Waals surface area contributed by atoms with Crippen molar-refractivity contribution in [3.63, 3.8) is 0 Å². The molecule has 6 nitrogen and oxygen atoms in total. The zero-order valence-corrected chi connectivity index (χ0v) is 13.5. The van der Waals surface area contributed by atoms with Crippen molar-refractivity contribution in [2.24, 2.45) is 0 Å². The van der Waals surface area contributed by atoms with Crippen LogP contribution in [0.4, 0.5) is 11.4 Å². The summed E-state index contributed by atoms with van der Waals surface area (Å²) < 4.78 is 27.1. The second-order valence-electron chi connectivity index (χ2n) is 4.97. The van der Waals surface area contributed by atoms with Crippen molar-refractivity contribution in [3.05, 3.63) is 50.9 Å². The zero-order chi connectivity index (χ0) is 15.9. The summed E-state index contributed by atoms with van der Waals surface area (Å²) in [5.41, 5.74) is 1.14. The average Bonchev–Trinajstić information content (AvgIpc) is 3.13. The molecule has 0 N–H and O–H groups in total. The fourth-order valence-electron chi connectivity index (χ4n) is 2.50. The van der Waals surface area contributed by atoms with Crippen LogP contribution >= 0.6 is 11.3 Å². The number of rotatable bonds is 4. The molecule has 1 aliphatic heterocycles. The number of thiophene rings is 1. The van der Waals surface area contributed by atoms with Crippen molar-refractivity contribution in [3.8, 4) is 0 Å². The van der Waals surface area contributed by atoms with Gasteiger partial charge < -0.3 is 0 Å². The van der Waals surface area contributed by atoms with Crippen LogP contribution in [0, 0.1) is 10.1 Å². The van der Waals surface area contributed by atoms with E-state index >= 15 is 0 Å².